The molecule has 1 saturated heterocycles. The van der Waals surface area contributed by atoms with Crippen LogP contribution in [0.1, 0.15) is 49.0 Å². The molecule has 1 aliphatic heterocycles. The molecule has 0 saturated carbocycles. The summed E-state index contributed by atoms with van der Waals surface area (Å²) in [6, 6.07) is 13.6. The van der Waals surface area contributed by atoms with Crippen molar-refractivity contribution < 1.29 is 13.9 Å². The zero-order valence-electron chi connectivity index (χ0n) is 22.3. The van der Waals surface area contributed by atoms with Gasteiger partial charge in [0.2, 0.25) is 0 Å². The zero-order valence-corrected chi connectivity index (χ0v) is 22.3. The first-order chi connectivity index (χ1) is 17.0. The van der Waals surface area contributed by atoms with E-state index in [1.807, 2.05) is 20.8 Å². The predicted molar refractivity (Wildman–Crippen MR) is 142 cm³/mol. The Morgan fingerprint density at radius 2 is 1.61 bits per heavy atom. The van der Waals surface area contributed by atoms with E-state index in [0.717, 1.165) is 46.1 Å². The number of carbonyl (C=O) groups is 1. The third kappa shape index (κ3) is 6.25. The Balaban J connectivity index is 1.43. The highest BCUT2D eigenvalue weighted by atomic mass is 19.1. The van der Waals surface area contributed by atoms with Crippen molar-refractivity contribution in [3.8, 4) is 5.82 Å². The minimum absolute atomic E-state index is 0.242. The molecule has 0 bridgehead atoms. The van der Waals surface area contributed by atoms with Crippen LogP contribution < -0.4 is 4.90 Å². The monoisotopic (exact) mass is 492 g/mol. The highest BCUT2D eigenvalue weighted by molar-refractivity contribution is 5.68. The van der Waals surface area contributed by atoms with Gasteiger partial charge >= 0.3 is 6.09 Å². The molecule has 3 heterocycles. The lowest BCUT2D eigenvalue weighted by molar-refractivity contribution is 0.0240. The number of hydrogen-bond donors (Lipinski definition) is 0. The Hall–Kier alpha value is -3.35. The molecule has 0 atom stereocenters. The number of halogens is 1. The number of amides is 1. The lowest BCUT2D eigenvalue weighted by Gasteiger charge is -2.37. The number of ether oxygens (including phenoxy) is 1. The number of nitrogens with zero attached hydrogens (tertiary/aromatic N) is 4. The average Bonchev–Trinajstić information content (AvgIpc) is 3.14. The molecule has 1 fully saturated rings. The van der Waals surface area contributed by atoms with Gasteiger partial charge in [-0.3, -0.25) is 0 Å². The molecule has 6 nitrogen and oxygen atoms in total. The zero-order chi connectivity index (χ0) is 26.0. The van der Waals surface area contributed by atoms with Gasteiger partial charge in [-0.05, 0) is 108 Å². The van der Waals surface area contributed by atoms with E-state index in [-0.39, 0.29) is 11.9 Å². The van der Waals surface area contributed by atoms with Gasteiger partial charge in [-0.15, -0.1) is 0 Å². The number of anilines is 1. The Labute approximate surface area is 213 Å². The number of pyridine rings is 1. The van der Waals surface area contributed by atoms with Crippen molar-refractivity contribution in [1.82, 2.24) is 14.5 Å². The maximum Gasteiger partial charge on any atom is 0.410 e. The first-order valence-corrected chi connectivity index (χ1v) is 12.6. The molecule has 36 heavy (non-hydrogen) atoms. The van der Waals surface area contributed by atoms with Crippen molar-refractivity contribution in [2.24, 2.45) is 0 Å². The van der Waals surface area contributed by atoms with Gasteiger partial charge in [-0.25, -0.2) is 14.2 Å². The van der Waals surface area contributed by atoms with Gasteiger partial charge in [0.25, 0.3) is 0 Å². The Morgan fingerprint density at radius 1 is 0.944 bits per heavy atom. The highest BCUT2D eigenvalue weighted by Crippen LogP contribution is 2.23. The summed E-state index contributed by atoms with van der Waals surface area (Å²) in [6.07, 6.45) is 1.13. The summed E-state index contributed by atoms with van der Waals surface area (Å²) in [5.74, 6) is 0.682. The van der Waals surface area contributed by atoms with E-state index >= 15 is 0 Å². The molecule has 7 heteroatoms. The molecule has 2 aromatic heterocycles. The molecule has 1 aromatic carbocycles. The summed E-state index contributed by atoms with van der Waals surface area (Å²) in [6.45, 7) is 14.2. The second-order valence-electron chi connectivity index (χ2n) is 10.7. The molecule has 0 aliphatic carbocycles. The van der Waals surface area contributed by atoms with E-state index in [2.05, 4.69) is 60.6 Å². The van der Waals surface area contributed by atoms with E-state index in [1.54, 1.807) is 17.0 Å². The van der Waals surface area contributed by atoms with Crippen LogP contribution in [0.5, 0.6) is 0 Å². The van der Waals surface area contributed by atoms with Gasteiger partial charge < -0.3 is 19.1 Å². The normalized spacial score (nSPS) is 14.3. The maximum absolute atomic E-state index is 14.6. The summed E-state index contributed by atoms with van der Waals surface area (Å²) >= 11 is 0. The average molecular weight is 493 g/mol. The molecular weight excluding hydrogens is 455 g/mol. The van der Waals surface area contributed by atoms with E-state index in [9.17, 15) is 9.18 Å². The van der Waals surface area contributed by atoms with E-state index < -0.39 is 5.60 Å². The number of carbonyl (C=O) groups excluding carboxylic acids is 1. The van der Waals surface area contributed by atoms with Gasteiger partial charge in [0.1, 0.15) is 17.2 Å². The number of aromatic nitrogens is 2. The maximum atomic E-state index is 14.6. The number of aryl methyl sites for hydroxylation is 5. The number of rotatable bonds is 5. The third-order valence-corrected chi connectivity index (χ3v) is 6.42. The third-order valence-electron chi connectivity index (χ3n) is 6.42. The van der Waals surface area contributed by atoms with Crippen molar-refractivity contribution in [3.63, 3.8) is 0 Å². The molecule has 3 aromatic rings. The van der Waals surface area contributed by atoms with Crippen molar-refractivity contribution in [3.05, 3.63) is 76.5 Å². The summed E-state index contributed by atoms with van der Waals surface area (Å²) in [5.41, 5.74) is 5.73. The summed E-state index contributed by atoms with van der Waals surface area (Å²) in [7, 11) is 0. The lowest BCUT2D eigenvalue weighted by atomic mass is 10.1. The molecule has 0 N–H and O–H groups in total. The molecule has 0 spiro atoms. The van der Waals surface area contributed by atoms with Crippen LogP contribution in [-0.4, -0.2) is 52.3 Å². The lowest BCUT2D eigenvalue weighted by Crippen LogP contribution is -2.50. The van der Waals surface area contributed by atoms with Gasteiger partial charge in [0.05, 0.1) is 0 Å². The van der Waals surface area contributed by atoms with E-state index in [1.165, 1.54) is 0 Å². The van der Waals surface area contributed by atoms with Crippen LogP contribution >= 0.6 is 0 Å². The topological polar surface area (TPSA) is 50.6 Å². The fourth-order valence-corrected chi connectivity index (χ4v) is 4.70. The quantitative estimate of drug-likeness (QED) is 0.453. The molecule has 192 valence electrons. The van der Waals surface area contributed by atoms with Crippen molar-refractivity contribution >= 4 is 11.8 Å². The molecule has 0 unspecified atom stereocenters. The SMILES string of the molecule is Cc1cc(CCc2cc(F)cc(N3CCN(C(=O)OC(C)(C)C)CC3)c2)nc(-n2c(C)ccc2C)c1. The number of benzene rings is 1. The second kappa shape index (κ2) is 10.3. The Bertz CT molecular complexity index is 1220. The fourth-order valence-electron chi connectivity index (χ4n) is 4.70. The van der Waals surface area contributed by atoms with Crippen molar-refractivity contribution in [2.75, 3.05) is 31.1 Å². The predicted octanol–water partition coefficient (Wildman–Crippen LogP) is 5.78. The van der Waals surface area contributed by atoms with E-state index in [0.29, 0.717) is 32.6 Å². The molecule has 1 amide bonds. The van der Waals surface area contributed by atoms with Gasteiger partial charge in [-0.1, -0.05) is 0 Å². The van der Waals surface area contributed by atoms with Crippen LogP contribution in [0.4, 0.5) is 14.9 Å². The minimum atomic E-state index is -0.516. The van der Waals surface area contributed by atoms with Crippen LogP contribution in [-0.2, 0) is 17.6 Å². The van der Waals surface area contributed by atoms with Crippen LogP contribution in [0.15, 0.2) is 42.5 Å². The van der Waals surface area contributed by atoms with Gasteiger partial charge in [-0.2, -0.15) is 0 Å². The molecule has 0 radical (unpaired) electrons. The second-order valence-corrected chi connectivity index (χ2v) is 10.7. The van der Waals surface area contributed by atoms with Crippen LogP contribution in [0, 0.1) is 26.6 Å². The molecular formula is C29H37FN4O2. The Kier molecular flexibility index (Phi) is 7.38. The Morgan fingerprint density at radius 3 is 2.25 bits per heavy atom. The van der Waals surface area contributed by atoms with Crippen molar-refractivity contribution in [2.45, 2.75) is 60.0 Å². The first kappa shape index (κ1) is 25.7. The fraction of sp³-hybridized carbons (Fsp3) is 0.448. The van der Waals surface area contributed by atoms with Crippen LogP contribution in [0.2, 0.25) is 0 Å². The standard InChI is InChI=1S/C29H37FN4O2/c1-20-15-25(31-27(16-20)34-21(2)7-8-22(34)3)10-9-23-17-24(30)19-26(18-23)32-11-13-33(14-12-32)28(35)36-29(4,5)6/h7-8,15-19H,9-14H2,1-6H3. The largest absolute Gasteiger partial charge is 0.444 e. The van der Waals surface area contributed by atoms with Crippen LogP contribution in [0.3, 0.4) is 0 Å². The summed E-state index contributed by atoms with van der Waals surface area (Å²) < 4.78 is 22.2. The summed E-state index contributed by atoms with van der Waals surface area (Å²) in [4.78, 5) is 21.1. The van der Waals surface area contributed by atoms with Crippen molar-refractivity contribution in [1.29, 1.82) is 0 Å². The first-order valence-electron chi connectivity index (χ1n) is 12.6. The molecule has 1 aliphatic rings. The number of piperazine rings is 1. The van der Waals surface area contributed by atoms with Gasteiger partial charge in [0, 0.05) is 48.9 Å². The summed E-state index contributed by atoms with van der Waals surface area (Å²) in [5, 5.41) is 0. The van der Waals surface area contributed by atoms with E-state index in [4.69, 9.17) is 9.72 Å². The minimum Gasteiger partial charge on any atom is -0.444 e. The molecule has 4 rings (SSSR count). The van der Waals surface area contributed by atoms with Gasteiger partial charge in [0.15, 0.2) is 0 Å². The van der Waals surface area contributed by atoms with Crippen LogP contribution in [0.25, 0.3) is 5.82 Å². The smallest absolute Gasteiger partial charge is 0.410 e. The highest BCUT2D eigenvalue weighted by Gasteiger charge is 2.26. The number of hydrogen-bond acceptors (Lipinski definition) is 4.